The van der Waals surface area contributed by atoms with Gasteiger partial charge in [-0.2, -0.15) is 0 Å². The number of carbonyl (C=O) groups excluding carboxylic acids is 2. The molecule has 0 aromatic heterocycles. The third-order valence-electron chi connectivity index (χ3n) is 10.0. The maximum absolute atomic E-state index is 11.8. The van der Waals surface area contributed by atoms with Crippen molar-refractivity contribution >= 4 is 11.9 Å². The maximum atomic E-state index is 11.8. The molecule has 0 unspecified atom stereocenters. The van der Waals surface area contributed by atoms with E-state index in [1.54, 1.807) is 6.07 Å². The van der Waals surface area contributed by atoms with Crippen molar-refractivity contribution in [2.24, 2.45) is 5.92 Å². The van der Waals surface area contributed by atoms with Crippen LogP contribution in [0.15, 0.2) is 91.0 Å². The Bertz CT molecular complexity index is 1530. The molecule has 0 aliphatic heterocycles. The number of hydrogen-bond donors (Lipinski definition) is 2. The van der Waals surface area contributed by atoms with Crippen LogP contribution in [0, 0.1) is 5.92 Å². The van der Waals surface area contributed by atoms with E-state index in [9.17, 15) is 9.59 Å². The van der Waals surface area contributed by atoms with Gasteiger partial charge in [-0.1, -0.05) is 120 Å². The van der Waals surface area contributed by atoms with E-state index in [1.165, 1.54) is 88.2 Å². The summed E-state index contributed by atoms with van der Waals surface area (Å²) in [6.07, 6.45) is 16.4. The van der Waals surface area contributed by atoms with Crippen LogP contribution in [0.1, 0.15) is 95.5 Å². The minimum Gasteiger partial charge on any atom is -0.490 e. The van der Waals surface area contributed by atoms with E-state index in [1.807, 2.05) is 12.1 Å². The first-order valence-corrected chi connectivity index (χ1v) is 19.3. The number of hydrogen-bond acceptors (Lipinski definition) is 8. The van der Waals surface area contributed by atoms with Gasteiger partial charge in [0.05, 0.1) is 24.4 Å². The Balaban J connectivity index is 1.34. The highest BCUT2D eigenvalue weighted by Crippen LogP contribution is 2.39. The van der Waals surface area contributed by atoms with Gasteiger partial charge < -0.3 is 29.2 Å². The lowest BCUT2D eigenvalue weighted by atomic mass is 9.77. The average molecular weight is 727 g/mol. The monoisotopic (exact) mass is 726 g/mol. The molecule has 3 aromatic carbocycles. The number of aliphatic hydroxyl groups is 2. The van der Waals surface area contributed by atoms with E-state index in [0.29, 0.717) is 17.4 Å². The summed E-state index contributed by atoms with van der Waals surface area (Å²) in [5.41, 5.74) is 5.48. The zero-order valence-electron chi connectivity index (χ0n) is 31.5. The van der Waals surface area contributed by atoms with E-state index >= 15 is 0 Å². The van der Waals surface area contributed by atoms with Gasteiger partial charge in [0.1, 0.15) is 37.9 Å². The lowest BCUT2D eigenvalue weighted by molar-refractivity contribution is -0.141. The SMILES string of the molecule is C=C(CO)C(=O)OCCOc1cc(OCCOC(=O)C(=C)CO)cc(-c2ccc(-c3ccc(C4CCC(CCCCCCCCC)CC4)cc3)cc2)c1. The molecule has 1 aliphatic carbocycles. The van der Waals surface area contributed by atoms with Gasteiger partial charge in [0.15, 0.2) is 0 Å². The third-order valence-corrected chi connectivity index (χ3v) is 10.0. The van der Waals surface area contributed by atoms with E-state index in [-0.39, 0.29) is 37.6 Å². The number of aliphatic hydroxyl groups excluding tert-OH is 2. The van der Waals surface area contributed by atoms with Gasteiger partial charge in [-0.05, 0) is 77.5 Å². The zero-order valence-corrected chi connectivity index (χ0v) is 31.5. The van der Waals surface area contributed by atoms with Crippen LogP contribution in [0.5, 0.6) is 11.5 Å². The molecule has 0 saturated heterocycles. The molecule has 286 valence electrons. The normalized spacial score (nSPS) is 15.4. The minimum absolute atomic E-state index is 0.0307. The smallest absolute Gasteiger partial charge is 0.335 e. The quantitative estimate of drug-likeness (QED) is 0.0565. The summed E-state index contributed by atoms with van der Waals surface area (Å²) in [6, 6.07) is 22.9. The largest absolute Gasteiger partial charge is 0.490 e. The molecule has 1 aliphatic rings. The number of benzene rings is 3. The summed E-state index contributed by atoms with van der Waals surface area (Å²) in [4.78, 5) is 23.6. The van der Waals surface area contributed by atoms with Gasteiger partial charge in [-0.15, -0.1) is 0 Å². The van der Waals surface area contributed by atoms with Crippen molar-refractivity contribution in [3.8, 4) is 33.8 Å². The fourth-order valence-electron chi connectivity index (χ4n) is 6.80. The third kappa shape index (κ3) is 13.8. The fourth-order valence-corrected chi connectivity index (χ4v) is 6.80. The molecular formula is C45H58O8. The Morgan fingerprint density at radius 1 is 0.604 bits per heavy atom. The van der Waals surface area contributed by atoms with Crippen LogP contribution in [-0.4, -0.2) is 61.8 Å². The topological polar surface area (TPSA) is 112 Å². The minimum atomic E-state index is -0.682. The molecule has 8 heteroatoms. The lowest BCUT2D eigenvalue weighted by Crippen LogP contribution is -2.15. The van der Waals surface area contributed by atoms with E-state index < -0.39 is 25.2 Å². The zero-order chi connectivity index (χ0) is 37.8. The van der Waals surface area contributed by atoms with Crippen LogP contribution in [0.2, 0.25) is 0 Å². The predicted molar refractivity (Wildman–Crippen MR) is 210 cm³/mol. The van der Waals surface area contributed by atoms with E-state index in [4.69, 9.17) is 29.2 Å². The molecule has 0 heterocycles. The standard InChI is InChI=1S/C45H58O8/c1-4-5-6-7-8-9-10-11-35-12-14-36(15-13-35)37-16-18-38(19-17-37)39-20-22-40(23-21-39)41-28-42(50-24-26-52-44(48)33(2)31-46)30-43(29-41)51-25-27-53-45(49)34(3)32-47/h16-23,28-30,35-36,46-47H,2-15,24-27,31-32H2,1H3. The van der Waals surface area contributed by atoms with Gasteiger partial charge in [-0.3, -0.25) is 0 Å². The summed E-state index contributed by atoms with van der Waals surface area (Å²) in [5.74, 6) is 1.18. The summed E-state index contributed by atoms with van der Waals surface area (Å²) in [5, 5.41) is 18.1. The second-order valence-corrected chi connectivity index (χ2v) is 14.0. The Kier molecular flexibility index (Phi) is 17.7. The molecule has 2 N–H and O–H groups in total. The van der Waals surface area contributed by atoms with Gasteiger partial charge in [-0.25, -0.2) is 9.59 Å². The molecule has 0 bridgehead atoms. The summed E-state index contributed by atoms with van der Waals surface area (Å²) in [7, 11) is 0. The summed E-state index contributed by atoms with van der Waals surface area (Å²) >= 11 is 0. The van der Waals surface area contributed by atoms with Crippen LogP contribution < -0.4 is 9.47 Å². The van der Waals surface area contributed by atoms with Crippen molar-refractivity contribution in [3.63, 3.8) is 0 Å². The first kappa shape index (κ1) is 41.4. The summed E-state index contributed by atoms with van der Waals surface area (Å²) < 4.78 is 22.0. The number of ether oxygens (including phenoxy) is 4. The highest BCUT2D eigenvalue weighted by molar-refractivity contribution is 5.88. The van der Waals surface area contributed by atoms with Crippen molar-refractivity contribution in [3.05, 3.63) is 96.6 Å². The van der Waals surface area contributed by atoms with Gasteiger partial charge in [0.2, 0.25) is 0 Å². The highest BCUT2D eigenvalue weighted by atomic mass is 16.6. The molecule has 0 spiro atoms. The number of unbranched alkanes of at least 4 members (excludes halogenated alkanes) is 6. The Hall–Kier alpha value is -4.40. The number of carbonyl (C=O) groups is 2. The van der Waals surface area contributed by atoms with Crippen molar-refractivity contribution in [1.29, 1.82) is 0 Å². The summed E-state index contributed by atoms with van der Waals surface area (Å²) in [6.45, 7) is 8.34. The van der Waals surface area contributed by atoms with Crippen LogP contribution in [0.4, 0.5) is 0 Å². The predicted octanol–water partition coefficient (Wildman–Crippen LogP) is 9.38. The van der Waals surface area contributed by atoms with Crippen molar-refractivity contribution in [2.75, 3.05) is 39.6 Å². The molecule has 0 radical (unpaired) electrons. The Labute approximate surface area is 315 Å². The Morgan fingerprint density at radius 3 is 1.55 bits per heavy atom. The van der Waals surface area contributed by atoms with Crippen LogP contribution >= 0.6 is 0 Å². The number of rotatable bonds is 23. The fraction of sp³-hybridized carbons (Fsp3) is 0.467. The van der Waals surface area contributed by atoms with Gasteiger partial charge in [0.25, 0.3) is 0 Å². The molecule has 1 saturated carbocycles. The number of esters is 2. The van der Waals surface area contributed by atoms with Crippen LogP contribution in [0.3, 0.4) is 0 Å². The lowest BCUT2D eigenvalue weighted by Gasteiger charge is -2.29. The molecule has 0 atom stereocenters. The first-order chi connectivity index (χ1) is 25.8. The molecule has 53 heavy (non-hydrogen) atoms. The highest BCUT2D eigenvalue weighted by Gasteiger charge is 2.22. The molecule has 1 fully saturated rings. The molecular weight excluding hydrogens is 668 g/mol. The first-order valence-electron chi connectivity index (χ1n) is 19.3. The molecule has 8 nitrogen and oxygen atoms in total. The van der Waals surface area contributed by atoms with Crippen molar-refractivity contribution < 1.29 is 38.7 Å². The molecule has 4 rings (SSSR count). The second kappa shape index (κ2) is 22.6. The average Bonchev–Trinajstić information content (AvgIpc) is 3.20. The van der Waals surface area contributed by atoms with Gasteiger partial charge >= 0.3 is 11.9 Å². The van der Waals surface area contributed by atoms with Crippen molar-refractivity contribution in [2.45, 2.75) is 89.9 Å². The Morgan fingerprint density at radius 2 is 1.06 bits per heavy atom. The van der Waals surface area contributed by atoms with Crippen LogP contribution in [-0.2, 0) is 19.1 Å². The van der Waals surface area contributed by atoms with Crippen molar-refractivity contribution in [1.82, 2.24) is 0 Å². The maximum Gasteiger partial charge on any atom is 0.335 e. The van der Waals surface area contributed by atoms with Crippen LogP contribution in [0.25, 0.3) is 22.3 Å². The van der Waals surface area contributed by atoms with Gasteiger partial charge in [0, 0.05) is 6.07 Å². The second-order valence-electron chi connectivity index (χ2n) is 14.0. The molecule has 0 amide bonds. The van der Waals surface area contributed by atoms with E-state index in [0.717, 1.165) is 22.6 Å². The van der Waals surface area contributed by atoms with E-state index in [2.05, 4.69) is 68.6 Å². The molecule has 3 aromatic rings.